The molecule has 0 aliphatic carbocycles. The van der Waals surface area contributed by atoms with E-state index in [1.54, 1.807) is 6.07 Å². The highest BCUT2D eigenvalue weighted by Crippen LogP contribution is 2.01. The topological polar surface area (TPSA) is 64.1 Å². The molecular formula is C6H5NO3S. The van der Waals surface area contributed by atoms with Gasteiger partial charge >= 0.3 is 0 Å². The van der Waals surface area contributed by atoms with Crippen molar-refractivity contribution in [3.63, 3.8) is 0 Å². The maximum atomic E-state index is 10.8. The van der Waals surface area contributed by atoms with E-state index in [-0.39, 0.29) is 10.6 Å². The van der Waals surface area contributed by atoms with Crippen LogP contribution >= 0.6 is 0 Å². The third-order valence-corrected chi connectivity index (χ3v) is 2.13. The lowest BCUT2D eigenvalue weighted by Gasteiger charge is -1.91. The van der Waals surface area contributed by atoms with Crippen molar-refractivity contribution >= 4 is 15.5 Å². The molecule has 0 N–H and O–H groups in total. The molecule has 0 amide bonds. The first kappa shape index (κ1) is 7.87. The Morgan fingerprint density at radius 2 is 2.09 bits per heavy atom. The van der Waals surface area contributed by atoms with Gasteiger partial charge in [-0.2, -0.15) is 0 Å². The summed E-state index contributed by atoms with van der Waals surface area (Å²) in [5.74, 6) is 0. The average molecular weight is 171 g/mol. The molecule has 0 unspecified atom stereocenters. The molecule has 0 radical (unpaired) electrons. The van der Waals surface area contributed by atoms with E-state index in [0.29, 0.717) is 0 Å². The lowest BCUT2D eigenvalue weighted by molar-refractivity contribution is 0.555. The van der Waals surface area contributed by atoms with Crippen molar-refractivity contribution in [1.82, 2.24) is 4.98 Å². The Hall–Kier alpha value is -1.23. The first-order chi connectivity index (χ1) is 5.17. The van der Waals surface area contributed by atoms with Crippen molar-refractivity contribution in [3.05, 3.63) is 24.4 Å². The zero-order chi connectivity index (χ0) is 8.32. The van der Waals surface area contributed by atoms with Crippen LogP contribution in [0, 0.1) is 0 Å². The van der Waals surface area contributed by atoms with Gasteiger partial charge in [0.25, 0.3) is 9.84 Å². The largest absolute Gasteiger partial charge is 0.285 e. The molecule has 58 valence electrons. The second-order valence-electron chi connectivity index (χ2n) is 1.81. The van der Waals surface area contributed by atoms with E-state index in [9.17, 15) is 13.2 Å². The van der Waals surface area contributed by atoms with E-state index in [4.69, 9.17) is 0 Å². The molecule has 4 nitrogen and oxygen atoms in total. The van der Waals surface area contributed by atoms with Gasteiger partial charge in [-0.1, -0.05) is 6.07 Å². The van der Waals surface area contributed by atoms with E-state index in [1.807, 2.05) is 0 Å². The highest BCUT2D eigenvalue weighted by atomic mass is 32.2. The summed E-state index contributed by atoms with van der Waals surface area (Å²) in [7, 11) is -3.79. The Labute approximate surface area is 63.8 Å². The molecule has 5 heteroatoms. The fraction of sp³-hybridized carbons (Fsp3) is 0. The number of sulfone groups is 1. The minimum atomic E-state index is -3.79. The first-order valence-corrected chi connectivity index (χ1v) is 4.33. The molecule has 0 fully saturated rings. The number of carbonyl (C=O) groups excluding carboxylic acids is 1. The number of rotatable bonds is 2. The standard InChI is InChI=1S/C6H5NO3S/c8-5-11(9,10)6-3-1-2-4-7-6/h1-5H. The normalized spacial score (nSPS) is 10.9. The zero-order valence-corrected chi connectivity index (χ0v) is 6.28. The Balaban J connectivity index is 3.24. The summed E-state index contributed by atoms with van der Waals surface area (Å²) in [6.45, 7) is 0. The molecule has 0 spiro atoms. The van der Waals surface area contributed by atoms with Gasteiger partial charge in [-0.15, -0.1) is 0 Å². The molecule has 1 heterocycles. The van der Waals surface area contributed by atoms with Crippen LogP contribution < -0.4 is 0 Å². The molecule has 0 aliphatic heterocycles. The number of hydrogen-bond acceptors (Lipinski definition) is 4. The molecule has 0 saturated carbocycles. The summed E-state index contributed by atoms with van der Waals surface area (Å²) >= 11 is 0. The minimum Gasteiger partial charge on any atom is -0.285 e. The average Bonchev–Trinajstić information content (AvgIpc) is 2.06. The van der Waals surface area contributed by atoms with Gasteiger partial charge in [0.15, 0.2) is 5.03 Å². The summed E-state index contributed by atoms with van der Waals surface area (Å²) in [6, 6.07) is 4.34. The SMILES string of the molecule is O=CS(=O)(=O)c1ccccn1. The quantitative estimate of drug-likeness (QED) is 0.589. The molecule has 0 aromatic carbocycles. The van der Waals surface area contributed by atoms with E-state index < -0.39 is 9.84 Å². The monoisotopic (exact) mass is 171 g/mol. The molecule has 1 aromatic rings. The van der Waals surface area contributed by atoms with Gasteiger partial charge in [0.1, 0.15) is 0 Å². The number of hydrogen-bond donors (Lipinski definition) is 0. The van der Waals surface area contributed by atoms with Gasteiger partial charge < -0.3 is 0 Å². The van der Waals surface area contributed by atoms with Crippen molar-refractivity contribution in [2.45, 2.75) is 5.03 Å². The highest BCUT2D eigenvalue weighted by Gasteiger charge is 2.12. The second kappa shape index (κ2) is 2.79. The van der Waals surface area contributed by atoms with E-state index in [1.165, 1.54) is 18.3 Å². The van der Waals surface area contributed by atoms with Gasteiger partial charge in [0.2, 0.25) is 5.62 Å². The van der Waals surface area contributed by atoms with Crippen LogP contribution in [-0.2, 0) is 14.6 Å². The summed E-state index contributed by atoms with van der Waals surface area (Å²) in [5, 5.41) is -0.213. The molecule has 11 heavy (non-hydrogen) atoms. The fourth-order valence-corrected chi connectivity index (χ4v) is 1.14. The maximum absolute atomic E-state index is 10.8. The third-order valence-electron chi connectivity index (χ3n) is 1.06. The molecular weight excluding hydrogens is 166 g/mol. The predicted molar refractivity (Wildman–Crippen MR) is 38.2 cm³/mol. The van der Waals surface area contributed by atoms with E-state index >= 15 is 0 Å². The third kappa shape index (κ3) is 1.62. The second-order valence-corrected chi connectivity index (χ2v) is 3.51. The maximum Gasteiger partial charge on any atom is 0.254 e. The van der Waals surface area contributed by atoms with Gasteiger partial charge in [-0.25, -0.2) is 13.4 Å². The van der Waals surface area contributed by atoms with Crippen LogP contribution in [0.3, 0.4) is 0 Å². The van der Waals surface area contributed by atoms with Crippen LogP contribution in [-0.4, -0.2) is 19.0 Å². The van der Waals surface area contributed by atoms with Crippen molar-refractivity contribution < 1.29 is 13.2 Å². The molecule has 0 atom stereocenters. The van der Waals surface area contributed by atoms with Gasteiger partial charge in [0.05, 0.1) is 0 Å². The Morgan fingerprint density at radius 3 is 2.55 bits per heavy atom. The fourth-order valence-electron chi connectivity index (χ4n) is 0.565. The highest BCUT2D eigenvalue weighted by molar-refractivity contribution is 8.04. The first-order valence-electron chi connectivity index (χ1n) is 2.78. The Bertz CT molecular complexity index is 343. The number of pyridine rings is 1. The van der Waals surface area contributed by atoms with E-state index in [2.05, 4.69) is 4.98 Å². The van der Waals surface area contributed by atoms with Crippen LogP contribution in [0.25, 0.3) is 0 Å². The minimum absolute atomic E-state index is 0.116. The summed E-state index contributed by atoms with van der Waals surface area (Å²) in [6.07, 6.45) is 1.32. The van der Waals surface area contributed by atoms with Crippen LogP contribution in [0.5, 0.6) is 0 Å². The van der Waals surface area contributed by atoms with Crippen LogP contribution in [0.2, 0.25) is 0 Å². The number of aromatic nitrogens is 1. The lowest BCUT2D eigenvalue weighted by atomic mass is 10.5. The number of nitrogens with zero attached hydrogens (tertiary/aromatic N) is 1. The summed E-state index contributed by atoms with van der Waals surface area (Å²) < 4.78 is 21.5. The molecule has 1 rings (SSSR count). The molecule has 0 bridgehead atoms. The summed E-state index contributed by atoms with van der Waals surface area (Å²) in [5.41, 5.74) is -0.116. The molecule has 0 aliphatic rings. The van der Waals surface area contributed by atoms with Crippen LogP contribution in [0.1, 0.15) is 0 Å². The molecule has 0 saturated heterocycles. The lowest BCUT2D eigenvalue weighted by Crippen LogP contribution is -2.02. The van der Waals surface area contributed by atoms with Crippen LogP contribution in [0.15, 0.2) is 29.4 Å². The van der Waals surface area contributed by atoms with Gasteiger partial charge in [0, 0.05) is 6.20 Å². The summed E-state index contributed by atoms with van der Waals surface area (Å²) in [4.78, 5) is 13.5. The molecule has 1 aromatic heterocycles. The smallest absolute Gasteiger partial charge is 0.254 e. The van der Waals surface area contributed by atoms with Gasteiger partial charge in [-0.05, 0) is 12.1 Å². The predicted octanol–water partition coefficient (Wildman–Crippen LogP) is 0.0455. The van der Waals surface area contributed by atoms with Crippen molar-refractivity contribution in [2.75, 3.05) is 0 Å². The van der Waals surface area contributed by atoms with Crippen molar-refractivity contribution in [3.8, 4) is 0 Å². The van der Waals surface area contributed by atoms with Crippen molar-refractivity contribution in [2.24, 2.45) is 0 Å². The zero-order valence-electron chi connectivity index (χ0n) is 5.47. The number of carbonyl (C=O) groups is 1. The van der Waals surface area contributed by atoms with E-state index in [0.717, 1.165) is 0 Å². The van der Waals surface area contributed by atoms with Gasteiger partial charge in [-0.3, -0.25) is 4.79 Å². The Morgan fingerprint density at radius 1 is 1.36 bits per heavy atom. The van der Waals surface area contributed by atoms with Crippen LogP contribution in [0.4, 0.5) is 0 Å². The van der Waals surface area contributed by atoms with Crippen molar-refractivity contribution in [1.29, 1.82) is 0 Å². The Kier molecular flexibility index (Phi) is 2.00.